The van der Waals surface area contributed by atoms with Crippen LogP contribution in [0, 0.1) is 0 Å². The Morgan fingerprint density at radius 3 is 1.90 bits per heavy atom. The van der Waals surface area contributed by atoms with E-state index in [-0.39, 0.29) is 0 Å². The lowest BCUT2D eigenvalue weighted by Gasteiger charge is -2.07. The van der Waals surface area contributed by atoms with Gasteiger partial charge < -0.3 is 5.11 Å². The number of hydrogen-bond acceptors (Lipinski definition) is 3. The highest BCUT2D eigenvalue weighted by atomic mass is 127. The Labute approximate surface area is 69.1 Å². The standard InChI is InChI=1S/C2H2FIO5S/c3-2(4,1(5)6)10(7,8)9/h(H,5,6)(H,7,8,9). The maximum Gasteiger partial charge on any atom is 0.378 e. The molecule has 0 radical (unpaired) electrons. The number of carboxylic acids is 1. The van der Waals surface area contributed by atoms with Crippen LogP contribution in [-0.4, -0.2) is 27.1 Å². The van der Waals surface area contributed by atoms with Gasteiger partial charge in [-0.1, -0.05) is 0 Å². The Balaban J connectivity index is 4.95. The number of rotatable bonds is 2. The van der Waals surface area contributed by atoms with Gasteiger partial charge in [0.15, 0.2) is 0 Å². The lowest BCUT2D eigenvalue weighted by atomic mass is 10.8. The summed E-state index contributed by atoms with van der Waals surface area (Å²) in [7, 11) is -5.18. The molecule has 0 aromatic rings. The van der Waals surface area contributed by atoms with Crippen LogP contribution in [-0.2, 0) is 14.9 Å². The summed E-state index contributed by atoms with van der Waals surface area (Å²) in [5.74, 6) is -2.25. The second-order valence-corrected chi connectivity index (χ2v) is 5.03. The summed E-state index contributed by atoms with van der Waals surface area (Å²) < 4.78 is 36.3. The highest BCUT2D eigenvalue weighted by Crippen LogP contribution is 2.26. The molecule has 0 amide bonds. The van der Waals surface area contributed by atoms with E-state index >= 15 is 0 Å². The van der Waals surface area contributed by atoms with Gasteiger partial charge in [-0.15, -0.1) is 0 Å². The molecule has 0 aliphatic heterocycles. The third-order valence-corrected chi connectivity index (χ3v) is 3.53. The Hall–Kier alpha value is 0.0400. The molecule has 8 heteroatoms. The normalized spacial score (nSPS) is 17.9. The molecule has 0 saturated heterocycles. The van der Waals surface area contributed by atoms with Crippen LogP contribution in [0.15, 0.2) is 0 Å². The number of alkyl halides is 2. The molecule has 1 atom stereocenters. The van der Waals surface area contributed by atoms with Gasteiger partial charge in [-0.2, -0.15) is 12.8 Å². The van der Waals surface area contributed by atoms with Gasteiger partial charge in [-0.05, 0) is 22.6 Å². The predicted molar refractivity (Wildman–Crippen MR) is 37.0 cm³/mol. The van der Waals surface area contributed by atoms with Crippen molar-refractivity contribution in [1.29, 1.82) is 0 Å². The van der Waals surface area contributed by atoms with Crippen LogP contribution in [0.1, 0.15) is 0 Å². The first-order valence-corrected chi connectivity index (χ1v) is 4.29. The Morgan fingerprint density at radius 2 is 1.90 bits per heavy atom. The Kier molecular flexibility index (Phi) is 2.59. The number of carbonyl (C=O) groups is 1. The monoisotopic (exact) mass is 284 g/mol. The third-order valence-electron chi connectivity index (χ3n) is 0.573. The van der Waals surface area contributed by atoms with Gasteiger partial charge in [0.2, 0.25) is 0 Å². The molecule has 0 rings (SSSR count). The minimum Gasteiger partial charge on any atom is -0.477 e. The smallest absolute Gasteiger partial charge is 0.378 e. The van der Waals surface area contributed by atoms with Crippen LogP contribution in [0.4, 0.5) is 4.39 Å². The maximum atomic E-state index is 12.3. The summed E-state index contributed by atoms with van der Waals surface area (Å²) in [5.41, 5.74) is 0. The molecule has 0 aromatic heterocycles. The van der Waals surface area contributed by atoms with E-state index in [1.807, 2.05) is 0 Å². The summed E-state index contributed by atoms with van der Waals surface area (Å²) in [6.07, 6.45) is 0. The van der Waals surface area contributed by atoms with E-state index in [1.165, 1.54) is 0 Å². The molecule has 0 aliphatic carbocycles. The quantitative estimate of drug-likeness (QED) is 0.423. The zero-order valence-electron chi connectivity index (χ0n) is 4.28. The van der Waals surface area contributed by atoms with Crippen molar-refractivity contribution in [3.8, 4) is 0 Å². The molecule has 0 bridgehead atoms. The van der Waals surface area contributed by atoms with Gasteiger partial charge in [0.1, 0.15) is 0 Å². The van der Waals surface area contributed by atoms with Gasteiger partial charge >= 0.3 is 19.1 Å². The fourth-order valence-corrected chi connectivity index (χ4v) is 0.331. The molecule has 1 unspecified atom stereocenters. The molecule has 0 aromatic carbocycles. The van der Waals surface area contributed by atoms with E-state index in [0.717, 1.165) is 0 Å². The molecule has 0 aliphatic rings. The number of aliphatic carboxylic acids is 1. The highest BCUT2D eigenvalue weighted by Gasteiger charge is 2.49. The van der Waals surface area contributed by atoms with E-state index in [1.54, 1.807) is 0 Å². The van der Waals surface area contributed by atoms with E-state index in [4.69, 9.17) is 9.66 Å². The van der Waals surface area contributed by atoms with Crippen LogP contribution in [0.25, 0.3) is 0 Å². The van der Waals surface area contributed by atoms with Crippen molar-refractivity contribution in [2.75, 3.05) is 0 Å². The number of hydrogen-bond donors (Lipinski definition) is 2. The van der Waals surface area contributed by atoms with Gasteiger partial charge in [0.05, 0.1) is 0 Å². The van der Waals surface area contributed by atoms with Crippen molar-refractivity contribution in [3.63, 3.8) is 0 Å². The van der Waals surface area contributed by atoms with Crippen molar-refractivity contribution < 1.29 is 27.3 Å². The molecule has 0 fully saturated rings. The Morgan fingerprint density at radius 1 is 1.60 bits per heavy atom. The highest BCUT2D eigenvalue weighted by molar-refractivity contribution is 14.1. The van der Waals surface area contributed by atoms with Crippen LogP contribution >= 0.6 is 22.6 Å². The first kappa shape index (κ1) is 10.0. The average molecular weight is 284 g/mol. The van der Waals surface area contributed by atoms with Crippen molar-refractivity contribution in [2.24, 2.45) is 0 Å². The molecule has 60 valence electrons. The maximum absolute atomic E-state index is 12.3. The minimum atomic E-state index is -5.18. The van der Waals surface area contributed by atoms with E-state index in [2.05, 4.69) is 0 Å². The van der Waals surface area contributed by atoms with E-state index in [9.17, 15) is 17.6 Å². The number of halogens is 2. The molecular formula is C2H2FIO5S. The first-order valence-electron chi connectivity index (χ1n) is 1.78. The zero-order valence-corrected chi connectivity index (χ0v) is 7.26. The first-order chi connectivity index (χ1) is 4.19. The fraction of sp³-hybridized carbons (Fsp3) is 0.500. The van der Waals surface area contributed by atoms with Gasteiger partial charge in [-0.3, -0.25) is 4.55 Å². The summed E-state index contributed by atoms with van der Waals surface area (Å²) in [6.45, 7) is 0. The second kappa shape index (κ2) is 2.58. The Bertz CT molecular complexity index is 242. The molecule has 5 nitrogen and oxygen atoms in total. The lowest BCUT2D eigenvalue weighted by Crippen LogP contribution is -2.35. The van der Waals surface area contributed by atoms with Crippen molar-refractivity contribution in [2.45, 2.75) is 3.01 Å². The van der Waals surface area contributed by atoms with Crippen LogP contribution in [0.5, 0.6) is 0 Å². The molecule has 10 heavy (non-hydrogen) atoms. The van der Waals surface area contributed by atoms with Crippen molar-refractivity contribution >= 4 is 38.7 Å². The molecule has 0 saturated carbocycles. The van der Waals surface area contributed by atoms with Crippen LogP contribution in [0.2, 0.25) is 0 Å². The van der Waals surface area contributed by atoms with Crippen molar-refractivity contribution in [3.05, 3.63) is 0 Å². The van der Waals surface area contributed by atoms with Crippen LogP contribution < -0.4 is 0 Å². The zero-order chi connectivity index (χ0) is 8.58. The van der Waals surface area contributed by atoms with Crippen molar-refractivity contribution in [1.82, 2.24) is 0 Å². The van der Waals surface area contributed by atoms with E-state index < -0.39 is 19.1 Å². The summed E-state index contributed by atoms with van der Waals surface area (Å²) in [4.78, 5) is 9.75. The summed E-state index contributed by atoms with van der Waals surface area (Å²) in [5, 5.41) is 7.86. The fourth-order valence-electron chi connectivity index (χ4n) is 0.110. The van der Waals surface area contributed by atoms with Gasteiger partial charge in [0, 0.05) is 0 Å². The minimum absolute atomic E-state index is 0.468. The summed E-state index contributed by atoms with van der Waals surface area (Å²) in [6, 6.07) is 0. The molecule has 0 heterocycles. The average Bonchev–Trinajstić information content (AvgIpc) is 1.62. The summed E-state index contributed by atoms with van der Waals surface area (Å²) >= 11 is 0.468. The second-order valence-electron chi connectivity index (χ2n) is 1.30. The third kappa shape index (κ3) is 1.76. The van der Waals surface area contributed by atoms with Crippen LogP contribution in [0.3, 0.4) is 0 Å². The number of carboxylic acid groups (broad SMARTS) is 1. The van der Waals surface area contributed by atoms with Gasteiger partial charge in [-0.25, -0.2) is 4.79 Å². The van der Waals surface area contributed by atoms with E-state index in [0.29, 0.717) is 22.6 Å². The molecule has 0 spiro atoms. The molecule has 2 N–H and O–H groups in total. The predicted octanol–water partition coefficient (Wildman–Crippen LogP) is 0.0171. The lowest BCUT2D eigenvalue weighted by molar-refractivity contribution is -0.140. The SMILES string of the molecule is O=C(O)C(F)(I)S(=O)(=O)O. The van der Waals surface area contributed by atoms with Gasteiger partial charge in [0.25, 0.3) is 0 Å². The topological polar surface area (TPSA) is 91.7 Å². The molecular weight excluding hydrogens is 282 g/mol. The largest absolute Gasteiger partial charge is 0.477 e.